The average molecular weight is 419 g/mol. The van der Waals surface area contributed by atoms with Gasteiger partial charge in [0.1, 0.15) is 5.75 Å². The molecule has 0 saturated heterocycles. The smallest absolute Gasteiger partial charge is 0.307 e. The summed E-state index contributed by atoms with van der Waals surface area (Å²) >= 11 is 1.18. The predicted octanol–water partition coefficient (Wildman–Crippen LogP) is 3.48. The number of fused-ring (bicyclic) bond motifs is 1. The second kappa shape index (κ2) is 6.77. The van der Waals surface area contributed by atoms with Crippen molar-refractivity contribution in [2.75, 3.05) is 6.61 Å². The Morgan fingerprint density at radius 3 is 2.90 bits per heavy atom. The second-order valence-corrected chi connectivity index (χ2v) is 8.25. The molecule has 0 saturated carbocycles. The molecule has 0 radical (unpaired) electrons. The van der Waals surface area contributed by atoms with E-state index in [9.17, 15) is 14.7 Å². The van der Waals surface area contributed by atoms with Crippen molar-refractivity contribution in [3.8, 4) is 16.9 Å². The maximum Gasteiger partial charge on any atom is 0.307 e. The van der Waals surface area contributed by atoms with E-state index in [-0.39, 0.29) is 11.4 Å². The summed E-state index contributed by atoms with van der Waals surface area (Å²) in [6, 6.07) is 7.60. The first-order valence-corrected chi connectivity index (χ1v) is 10.2. The maximum atomic E-state index is 11.8. The number of aromatic nitrogens is 2. The summed E-state index contributed by atoms with van der Waals surface area (Å²) in [6.45, 7) is 2.47. The van der Waals surface area contributed by atoms with Crippen molar-refractivity contribution in [1.82, 2.24) is 9.97 Å². The Kier molecular flexibility index (Phi) is 4.18. The standard InChI is InChI=1S/C22H17N3O4S/c1-10-8-14-20(30-22(25-14)21(23)28)18(13(10)9-16(26)27)12-2-3-15-17-11(5-7-29-15)4-6-24-19(12)17/h2-4,6,8H,5,7,9H2,1H3,(H2,23,28)(H,26,27). The van der Waals surface area contributed by atoms with Crippen LogP contribution in [0.4, 0.5) is 0 Å². The van der Waals surface area contributed by atoms with E-state index in [0.717, 1.165) is 50.0 Å². The van der Waals surface area contributed by atoms with Crippen LogP contribution in [0.1, 0.15) is 26.5 Å². The molecule has 1 amide bonds. The highest BCUT2D eigenvalue weighted by Gasteiger charge is 2.24. The number of hydrogen-bond acceptors (Lipinski definition) is 6. The van der Waals surface area contributed by atoms with Crippen LogP contribution in [0, 0.1) is 6.92 Å². The number of pyridine rings is 1. The number of aryl methyl sites for hydroxylation is 1. The van der Waals surface area contributed by atoms with E-state index in [2.05, 4.69) is 9.97 Å². The van der Waals surface area contributed by atoms with E-state index < -0.39 is 11.9 Å². The first-order valence-electron chi connectivity index (χ1n) is 9.42. The van der Waals surface area contributed by atoms with Gasteiger partial charge in [-0.05, 0) is 47.9 Å². The minimum absolute atomic E-state index is 0.152. The summed E-state index contributed by atoms with van der Waals surface area (Å²) in [5.41, 5.74) is 11.0. The number of nitrogens with zero attached hydrogens (tertiary/aromatic N) is 2. The Bertz CT molecular complexity index is 1370. The Morgan fingerprint density at radius 2 is 2.13 bits per heavy atom. The molecule has 0 spiro atoms. The van der Waals surface area contributed by atoms with Crippen molar-refractivity contribution in [3.05, 3.63) is 52.2 Å². The van der Waals surface area contributed by atoms with Gasteiger partial charge in [-0.25, -0.2) is 4.98 Å². The van der Waals surface area contributed by atoms with E-state index in [0.29, 0.717) is 17.7 Å². The van der Waals surface area contributed by atoms with E-state index in [4.69, 9.17) is 10.5 Å². The molecule has 3 heterocycles. The summed E-state index contributed by atoms with van der Waals surface area (Å²) in [7, 11) is 0. The molecule has 0 atom stereocenters. The number of rotatable bonds is 4. The monoisotopic (exact) mass is 419 g/mol. The van der Waals surface area contributed by atoms with Gasteiger partial charge in [-0.3, -0.25) is 14.6 Å². The molecule has 7 nitrogen and oxygen atoms in total. The van der Waals surface area contributed by atoms with Crippen molar-refractivity contribution in [2.45, 2.75) is 19.8 Å². The number of nitrogens with two attached hydrogens (primary N) is 1. The summed E-state index contributed by atoms with van der Waals surface area (Å²) in [5.74, 6) is -0.769. The molecule has 4 aromatic rings. The molecule has 0 fully saturated rings. The number of primary amides is 1. The Morgan fingerprint density at radius 1 is 1.30 bits per heavy atom. The van der Waals surface area contributed by atoms with E-state index >= 15 is 0 Å². The van der Waals surface area contributed by atoms with E-state index in [1.165, 1.54) is 11.3 Å². The van der Waals surface area contributed by atoms with Crippen molar-refractivity contribution in [3.63, 3.8) is 0 Å². The molecule has 1 aliphatic heterocycles. The quantitative estimate of drug-likeness (QED) is 0.523. The zero-order valence-electron chi connectivity index (χ0n) is 16.1. The molecule has 30 heavy (non-hydrogen) atoms. The number of carbonyl (C=O) groups is 2. The van der Waals surface area contributed by atoms with Gasteiger partial charge in [0.05, 0.1) is 28.8 Å². The van der Waals surface area contributed by atoms with Crippen molar-refractivity contribution < 1.29 is 19.4 Å². The highest BCUT2D eigenvalue weighted by molar-refractivity contribution is 7.20. The number of carbonyl (C=O) groups excluding carboxylic acids is 1. The molecular weight excluding hydrogens is 402 g/mol. The lowest BCUT2D eigenvalue weighted by molar-refractivity contribution is -0.136. The van der Waals surface area contributed by atoms with Crippen LogP contribution in [0.3, 0.4) is 0 Å². The third kappa shape index (κ3) is 2.80. The fourth-order valence-electron chi connectivity index (χ4n) is 4.11. The largest absolute Gasteiger partial charge is 0.493 e. The fourth-order valence-corrected chi connectivity index (χ4v) is 5.09. The van der Waals surface area contributed by atoms with Gasteiger partial charge in [0.25, 0.3) is 5.91 Å². The number of amides is 1. The van der Waals surface area contributed by atoms with Crippen molar-refractivity contribution in [2.24, 2.45) is 5.73 Å². The lowest BCUT2D eigenvalue weighted by atomic mass is 9.90. The van der Waals surface area contributed by atoms with Crippen LogP contribution in [-0.4, -0.2) is 33.6 Å². The predicted molar refractivity (Wildman–Crippen MR) is 114 cm³/mol. The topological polar surface area (TPSA) is 115 Å². The number of aliphatic carboxylic acids is 1. The van der Waals surface area contributed by atoms with Gasteiger partial charge in [-0.2, -0.15) is 0 Å². The molecule has 8 heteroatoms. The van der Waals surface area contributed by atoms with Gasteiger partial charge in [0.2, 0.25) is 0 Å². The molecule has 0 bridgehead atoms. The number of ether oxygens (including phenoxy) is 1. The second-order valence-electron chi connectivity index (χ2n) is 7.25. The third-order valence-electron chi connectivity index (χ3n) is 5.39. The zero-order chi connectivity index (χ0) is 21.0. The Labute approximate surface area is 175 Å². The third-order valence-corrected chi connectivity index (χ3v) is 6.49. The number of benzene rings is 2. The average Bonchev–Trinajstić information content (AvgIpc) is 3.13. The fraction of sp³-hybridized carbons (Fsp3) is 0.182. The van der Waals surface area contributed by atoms with Gasteiger partial charge in [-0.1, -0.05) is 0 Å². The molecule has 3 N–H and O–H groups in total. The van der Waals surface area contributed by atoms with Crippen LogP contribution in [0.2, 0.25) is 0 Å². The van der Waals surface area contributed by atoms with Crippen LogP contribution in [0.15, 0.2) is 30.5 Å². The molecule has 2 aromatic heterocycles. The Hall–Kier alpha value is -3.52. The summed E-state index contributed by atoms with van der Waals surface area (Å²) in [4.78, 5) is 32.4. The number of carboxylic acids is 1. The van der Waals surface area contributed by atoms with Gasteiger partial charge in [0.15, 0.2) is 5.01 Å². The zero-order valence-corrected chi connectivity index (χ0v) is 16.9. The highest BCUT2D eigenvalue weighted by atomic mass is 32.1. The Balaban J connectivity index is 1.92. The van der Waals surface area contributed by atoms with Crippen LogP contribution >= 0.6 is 11.3 Å². The molecule has 1 aliphatic rings. The molecular formula is C22H17N3O4S. The molecule has 5 rings (SSSR count). The van der Waals surface area contributed by atoms with Crippen LogP contribution in [0.25, 0.3) is 32.2 Å². The van der Waals surface area contributed by atoms with Gasteiger partial charge in [-0.15, -0.1) is 11.3 Å². The normalized spacial score (nSPS) is 12.8. The van der Waals surface area contributed by atoms with Crippen LogP contribution < -0.4 is 10.5 Å². The van der Waals surface area contributed by atoms with E-state index in [1.807, 2.05) is 31.2 Å². The SMILES string of the molecule is Cc1cc2nc(C(N)=O)sc2c(-c2ccc3c4c(ccnc24)CCO3)c1CC(=O)O. The minimum Gasteiger partial charge on any atom is -0.493 e. The molecule has 0 aliphatic carbocycles. The number of carboxylic acid groups (broad SMARTS) is 1. The first-order chi connectivity index (χ1) is 14.4. The van der Waals surface area contributed by atoms with Crippen molar-refractivity contribution in [1.29, 1.82) is 0 Å². The van der Waals surface area contributed by atoms with Crippen LogP contribution in [-0.2, 0) is 17.6 Å². The lowest BCUT2D eigenvalue weighted by Gasteiger charge is -2.21. The van der Waals surface area contributed by atoms with Gasteiger partial charge in [0, 0.05) is 29.1 Å². The highest BCUT2D eigenvalue weighted by Crippen LogP contribution is 2.43. The molecule has 2 aromatic carbocycles. The lowest BCUT2D eigenvalue weighted by Crippen LogP contribution is -2.09. The van der Waals surface area contributed by atoms with E-state index in [1.54, 1.807) is 6.20 Å². The molecule has 150 valence electrons. The summed E-state index contributed by atoms with van der Waals surface area (Å²) in [6.07, 6.45) is 2.40. The maximum absolute atomic E-state index is 11.8. The molecule has 0 unspecified atom stereocenters. The first kappa shape index (κ1) is 18.5. The van der Waals surface area contributed by atoms with Gasteiger partial charge >= 0.3 is 5.97 Å². The minimum atomic E-state index is -0.933. The van der Waals surface area contributed by atoms with Crippen molar-refractivity contribution >= 4 is 44.3 Å². The summed E-state index contributed by atoms with van der Waals surface area (Å²) in [5, 5.41) is 10.7. The van der Waals surface area contributed by atoms with Crippen LogP contribution in [0.5, 0.6) is 5.75 Å². The number of hydrogen-bond donors (Lipinski definition) is 2. The summed E-state index contributed by atoms with van der Waals surface area (Å²) < 4.78 is 6.55. The number of thiazole rings is 1. The van der Waals surface area contributed by atoms with Gasteiger partial charge < -0.3 is 15.6 Å².